The summed E-state index contributed by atoms with van der Waals surface area (Å²) in [5, 5.41) is 17.2. The van der Waals surface area contributed by atoms with Crippen LogP contribution in [0.5, 0.6) is 0 Å². The molecule has 0 radical (unpaired) electrons. The van der Waals surface area contributed by atoms with Crippen molar-refractivity contribution < 1.29 is 9.59 Å². The molecule has 1 heterocycles. The lowest BCUT2D eigenvalue weighted by Crippen LogP contribution is -2.52. The van der Waals surface area contributed by atoms with E-state index in [1.165, 1.54) is 0 Å². The Labute approximate surface area is 187 Å². The lowest BCUT2D eigenvalue weighted by Gasteiger charge is -2.27. The molecule has 3 aromatic carbocycles. The fourth-order valence-electron chi connectivity index (χ4n) is 4.22. The lowest BCUT2D eigenvalue weighted by molar-refractivity contribution is -0.128. The molecule has 1 aliphatic heterocycles. The van der Waals surface area contributed by atoms with Gasteiger partial charge in [0, 0.05) is 5.69 Å². The van der Waals surface area contributed by atoms with Crippen LogP contribution in [0.25, 0.3) is 10.8 Å². The van der Waals surface area contributed by atoms with Crippen molar-refractivity contribution in [1.29, 1.82) is 5.26 Å². The number of likely N-dealkylation sites (N-methyl/N-ethyl adjacent to an activating group) is 1. The molecule has 32 heavy (non-hydrogen) atoms. The van der Waals surface area contributed by atoms with Crippen molar-refractivity contribution in [1.82, 2.24) is 10.6 Å². The number of aryl methyl sites for hydroxylation is 1. The predicted octanol–water partition coefficient (Wildman–Crippen LogP) is 3.28. The molecule has 0 aliphatic carbocycles. The highest BCUT2D eigenvalue weighted by Gasteiger charge is 2.32. The molecule has 2 N–H and O–H groups in total. The molecular weight excluding hydrogens is 400 g/mol. The van der Waals surface area contributed by atoms with Crippen molar-refractivity contribution in [3.8, 4) is 6.07 Å². The summed E-state index contributed by atoms with van der Waals surface area (Å²) >= 11 is 0. The van der Waals surface area contributed by atoms with Crippen LogP contribution in [0.2, 0.25) is 0 Å². The first kappa shape index (κ1) is 21.5. The summed E-state index contributed by atoms with van der Waals surface area (Å²) in [7, 11) is 1.72. The number of amides is 2. The van der Waals surface area contributed by atoms with Gasteiger partial charge in [-0.05, 0) is 60.8 Å². The van der Waals surface area contributed by atoms with Crippen molar-refractivity contribution >= 4 is 28.3 Å². The number of hydrogen-bond donors (Lipinski definition) is 2. The Bertz CT molecular complexity index is 1210. The van der Waals surface area contributed by atoms with Crippen LogP contribution >= 0.6 is 0 Å². The average Bonchev–Trinajstić information content (AvgIpc) is 2.95. The third kappa shape index (κ3) is 4.08. The summed E-state index contributed by atoms with van der Waals surface area (Å²) in [6, 6.07) is 20.6. The minimum Gasteiger partial charge on any atom is -0.343 e. The highest BCUT2D eigenvalue weighted by molar-refractivity contribution is 6.01. The maximum Gasteiger partial charge on any atom is 0.249 e. The van der Waals surface area contributed by atoms with Gasteiger partial charge in [0.25, 0.3) is 0 Å². The summed E-state index contributed by atoms with van der Waals surface area (Å²) in [6.07, 6.45) is 1.24. The van der Waals surface area contributed by atoms with E-state index in [2.05, 4.69) is 16.7 Å². The van der Waals surface area contributed by atoms with Gasteiger partial charge >= 0.3 is 0 Å². The SMILES string of the molecule is CN[C@@H](C)C(=O)N[C@H]1CCc2ccccc2N(Cc2cccc3c(C#N)cccc23)C1=O. The Morgan fingerprint density at radius 1 is 1.12 bits per heavy atom. The van der Waals surface area contributed by atoms with Crippen LogP contribution in [0.4, 0.5) is 5.69 Å². The van der Waals surface area contributed by atoms with Gasteiger partial charge in [-0.1, -0.05) is 48.5 Å². The second kappa shape index (κ2) is 9.21. The average molecular weight is 427 g/mol. The summed E-state index contributed by atoms with van der Waals surface area (Å²) in [5.41, 5.74) is 3.51. The van der Waals surface area contributed by atoms with E-state index < -0.39 is 6.04 Å². The number of nitrogens with one attached hydrogen (secondary N) is 2. The van der Waals surface area contributed by atoms with Crippen LogP contribution in [-0.2, 0) is 22.6 Å². The maximum atomic E-state index is 13.7. The summed E-state index contributed by atoms with van der Waals surface area (Å²) < 4.78 is 0. The van der Waals surface area contributed by atoms with Gasteiger partial charge in [-0.25, -0.2) is 0 Å². The van der Waals surface area contributed by atoms with Crippen LogP contribution in [0.15, 0.2) is 60.7 Å². The molecular formula is C26H26N4O2. The quantitative estimate of drug-likeness (QED) is 0.656. The number of nitrogens with zero attached hydrogens (tertiary/aromatic N) is 2. The topological polar surface area (TPSA) is 85.2 Å². The highest BCUT2D eigenvalue weighted by atomic mass is 16.2. The second-order valence-electron chi connectivity index (χ2n) is 8.09. The van der Waals surface area contributed by atoms with Gasteiger partial charge in [-0.3, -0.25) is 9.59 Å². The molecule has 0 unspecified atom stereocenters. The Morgan fingerprint density at radius 3 is 2.66 bits per heavy atom. The predicted molar refractivity (Wildman–Crippen MR) is 125 cm³/mol. The van der Waals surface area contributed by atoms with Gasteiger partial charge in [0.2, 0.25) is 11.8 Å². The fourth-order valence-corrected chi connectivity index (χ4v) is 4.22. The number of anilines is 1. The third-order valence-corrected chi connectivity index (χ3v) is 6.15. The maximum absolute atomic E-state index is 13.7. The monoisotopic (exact) mass is 426 g/mol. The Morgan fingerprint density at radius 2 is 1.88 bits per heavy atom. The first-order valence-electron chi connectivity index (χ1n) is 10.8. The van der Waals surface area contributed by atoms with Crippen LogP contribution in [0.3, 0.4) is 0 Å². The molecule has 2 atom stereocenters. The van der Waals surface area contributed by atoms with Gasteiger partial charge in [0.05, 0.1) is 24.2 Å². The van der Waals surface area contributed by atoms with Gasteiger partial charge in [-0.15, -0.1) is 0 Å². The van der Waals surface area contributed by atoms with E-state index in [9.17, 15) is 14.9 Å². The Kier molecular flexibility index (Phi) is 6.20. The van der Waals surface area contributed by atoms with Crippen LogP contribution < -0.4 is 15.5 Å². The largest absolute Gasteiger partial charge is 0.343 e. The molecule has 0 bridgehead atoms. The zero-order valence-corrected chi connectivity index (χ0v) is 18.3. The first-order chi connectivity index (χ1) is 15.5. The van der Waals surface area contributed by atoms with Crippen molar-refractivity contribution in [2.24, 2.45) is 0 Å². The number of benzene rings is 3. The van der Waals surface area contributed by atoms with Crippen molar-refractivity contribution in [2.45, 2.75) is 38.4 Å². The van der Waals surface area contributed by atoms with Crippen LogP contribution in [-0.4, -0.2) is 30.9 Å². The van der Waals surface area contributed by atoms with E-state index in [0.717, 1.165) is 27.6 Å². The molecule has 0 fully saturated rings. The standard InChI is InChI=1S/C26H26N4O2/c1-17(28-2)25(31)29-23-14-13-18-7-3-4-12-24(18)30(26(23)32)16-20-9-6-10-21-19(15-27)8-5-11-22(20)21/h3-12,17,23,28H,13-14,16H2,1-2H3,(H,29,31)/t17-,23-/m0/s1. The molecule has 0 spiro atoms. The number of para-hydroxylation sites is 1. The van der Waals surface area contributed by atoms with Crippen LogP contribution in [0.1, 0.15) is 30.0 Å². The third-order valence-electron chi connectivity index (χ3n) is 6.15. The molecule has 4 rings (SSSR count). The molecule has 1 aliphatic rings. The molecule has 6 nitrogen and oxygen atoms in total. The molecule has 162 valence electrons. The van der Waals surface area contributed by atoms with E-state index >= 15 is 0 Å². The molecule has 3 aromatic rings. The highest BCUT2D eigenvalue weighted by Crippen LogP contribution is 2.31. The Balaban J connectivity index is 1.74. The van der Waals surface area contributed by atoms with Gasteiger partial charge in [-0.2, -0.15) is 5.26 Å². The van der Waals surface area contributed by atoms with E-state index in [0.29, 0.717) is 24.9 Å². The molecule has 0 saturated heterocycles. The summed E-state index contributed by atoms with van der Waals surface area (Å²) in [5.74, 6) is -0.319. The number of nitriles is 1. The van der Waals surface area contributed by atoms with Gasteiger partial charge in [0.1, 0.15) is 6.04 Å². The number of rotatable bonds is 5. The number of hydrogen-bond acceptors (Lipinski definition) is 4. The number of carbonyl (C=O) groups is 2. The van der Waals surface area contributed by atoms with Gasteiger partial charge in [0.15, 0.2) is 0 Å². The van der Waals surface area contributed by atoms with Crippen molar-refractivity contribution in [3.05, 3.63) is 77.4 Å². The number of carbonyl (C=O) groups excluding carboxylic acids is 2. The molecule has 0 saturated carbocycles. The van der Waals surface area contributed by atoms with Crippen molar-refractivity contribution in [3.63, 3.8) is 0 Å². The van der Waals surface area contributed by atoms with Crippen molar-refractivity contribution in [2.75, 3.05) is 11.9 Å². The van der Waals surface area contributed by atoms with Crippen LogP contribution in [0, 0.1) is 11.3 Å². The Hall–Kier alpha value is -3.69. The summed E-state index contributed by atoms with van der Waals surface area (Å²) in [6.45, 7) is 2.13. The molecule has 6 heteroatoms. The van der Waals surface area contributed by atoms with E-state index in [1.54, 1.807) is 24.9 Å². The first-order valence-corrected chi connectivity index (χ1v) is 10.8. The fraction of sp³-hybridized carbons (Fsp3) is 0.269. The summed E-state index contributed by atoms with van der Waals surface area (Å²) in [4.78, 5) is 27.9. The minimum atomic E-state index is -0.602. The zero-order valence-electron chi connectivity index (χ0n) is 18.3. The zero-order chi connectivity index (χ0) is 22.7. The smallest absolute Gasteiger partial charge is 0.249 e. The normalized spacial score (nSPS) is 16.7. The number of fused-ring (bicyclic) bond motifs is 2. The van der Waals surface area contributed by atoms with E-state index in [1.807, 2.05) is 54.6 Å². The van der Waals surface area contributed by atoms with Gasteiger partial charge < -0.3 is 15.5 Å². The van der Waals surface area contributed by atoms with E-state index in [4.69, 9.17) is 0 Å². The lowest BCUT2D eigenvalue weighted by atomic mass is 10.00. The molecule has 2 amide bonds. The minimum absolute atomic E-state index is 0.125. The van der Waals surface area contributed by atoms with E-state index in [-0.39, 0.29) is 17.9 Å². The second-order valence-corrected chi connectivity index (χ2v) is 8.09. The molecule has 0 aromatic heterocycles.